The van der Waals surface area contributed by atoms with Crippen LogP contribution in [0.5, 0.6) is 0 Å². The van der Waals surface area contributed by atoms with E-state index in [4.69, 9.17) is 11.6 Å². The predicted molar refractivity (Wildman–Crippen MR) is 94.3 cm³/mol. The third-order valence-corrected chi connectivity index (χ3v) is 5.78. The molecule has 0 N–H and O–H groups in total. The van der Waals surface area contributed by atoms with Crippen molar-refractivity contribution in [3.8, 4) is 0 Å². The Bertz CT molecular complexity index is 506. The van der Waals surface area contributed by atoms with Gasteiger partial charge in [0, 0.05) is 29.6 Å². The number of halogens is 2. The van der Waals surface area contributed by atoms with Gasteiger partial charge in [0.25, 0.3) is 0 Å². The fraction of sp³-hybridized carbons (Fsp3) is 0.647. The highest BCUT2D eigenvalue weighted by Gasteiger charge is 2.36. The zero-order valence-corrected chi connectivity index (χ0v) is 15.2. The van der Waals surface area contributed by atoms with Crippen LogP contribution >= 0.6 is 27.5 Å². The van der Waals surface area contributed by atoms with Crippen LogP contribution in [0, 0.1) is 5.92 Å². The molecule has 0 radical (unpaired) electrons. The molecule has 0 saturated carbocycles. The monoisotopic (exact) mass is 370 g/mol. The van der Waals surface area contributed by atoms with Crippen LogP contribution in [0.25, 0.3) is 0 Å². The second-order valence-electron chi connectivity index (χ2n) is 6.70. The van der Waals surface area contributed by atoms with Crippen LogP contribution in [0.4, 0.5) is 5.69 Å². The van der Waals surface area contributed by atoms with Gasteiger partial charge >= 0.3 is 0 Å². The third kappa shape index (κ3) is 3.25. The Kier molecular flexibility index (Phi) is 4.82. The van der Waals surface area contributed by atoms with Gasteiger partial charge in [0.15, 0.2) is 0 Å². The molecule has 116 valence electrons. The average Bonchev–Trinajstić information content (AvgIpc) is 2.48. The fourth-order valence-corrected chi connectivity index (χ4v) is 4.34. The first kappa shape index (κ1) is 15.6. The molecule has 0 bridgehead atoms. The molecule has 0 spiro atoms. The van der Waals surface area contributed by atoms with E-state index in [0.29, 0.717) is 18.0 Å². The molecule has 1 aromatic rings. The van der Waals surface area contributed by atoms with E-state index in [0.717, 1.165) is 16.0 Å². The SMILES string of the molecule is CC(C)C1CN2CCCCC2CN1c1cc(Br)ccc1Cl. The fourth-order valence-electron chi connectivity index (χ4n) is 3.76. The lowest BCUT2D eigenvalue weighted by molar-refractivity contribution is 0.100. The van der Waals surface area contributed by atoms with Gasteiger partial charge in [-0.05, 0) is 43.5 Å². The summed E-state index contributed by atoms with van der Waals surface area (Å²) in [5.41, 5.74) is 1.19. The van der Waals surface area contributed by atoms with Gasteiger partial charge in [-0.25, -0.2) is 0 Å². The number of benzene rings is 1. The Hall–Kier alpha value is -0.250. The van der Waals surface area contributed by atoms with Crippen LogP contribution in [0.15, 0.2) is 22.7 Å². The lowest BCUT2D eigenvalue weighted by atomic mass is 9.91. The molecule has 3 rings (SSSR count). The Balaban J connectivity index is 1.91. The molecule has 0 amide bonds. The number of nitrogens with zero attached hydrogens (tertiary/aromatic N) is 2. The van der Waals surface area contributed by atoms with Crippen molar-refractivity contribution in [3.63, 3.8) is 0 Å². The minimum absolute atomic E-state index is 0.547. The second kappa shape index (κ2) is 6.47. The summed E-state index contributed by atoms with van der Waals surface area (Å²) in [6.45, 7) is 8.21. The number of rotatable bonds is 2. The van der Waals surface area contributed by atoms with Crippen molar-refractivity contribution in [1.29, 1.82) is 0 Å². The molecule has 2 nitrogen and oxygen atoms in total. The summed E-state index contributed by atoms with van der Waals surface area (Å²) in [4.78, 5) is 5.26. The smallest absolute Gasteiger partial charge is 0.0640 e. The second-order valence-corrected chi connectivity index (χ2v) is 8.03. The van der Waals surface area contributed by atoms with Crippen molar-refractivity contribution >= 4 is 33.2 Å². The van der Waals surface area contributed by atoms with Crippen LogP contribution < -0.4 is 4.90 Å². The van der Waals surface area contributed by atoms with Gasteiger partial charge in [0.1, 0.15) is 0 Å². The summed E-state index contributed by atoms with van der Waals surface area (Å²) < 4.78 is 1.11. The van der Waals surface area contributed by atoms with E-state index in [9.17, 15) is 0 Å². The molecule has 1 aromatic carbocycles. The molecule has 2 aliphatic heterocycles. The molecular weight excluding hydrogens is 348 g/mol. The van der Waals surface area contributed by atoms with E-state index in [1.54, 1.807) is 0 Å². The molecule has 2 aliphatic rings. The first-order chi connectivity index (χ1) is 10.1. The quantitative estimate of drug-likeness (QED) is 0.736. The topological polar surface area (TPSA) is 6.48 Å². The van der Waals surface area contributed by atoms with Crippen molar-refractivity contribution in [2.24, 2.45) is 5.92 Å². The highest BCUT2D eigenvalue weighted by molar-refractivity contribution is 9.10. The molecule has 2 fully saturated rings. The van der Waals surface area contributed by atoms with Crippen LogP contribution in [0.3, 0.4) is 0 Å². The maximum atomic E-state index is 6.50. The Morgan fingerprint density at radius 3 is 2.81 bits per heavy atom. The normalized spacial score (nSPS) is 27.0. The van der Waals surface area contributed by atoms with Crippen LogP contribution in [0.2, 0.25) is 5.02 Å². The van der Waals surface area contributed by atoms with Gasteiger partial charge in [-0.1, -0.05) is 47.8 Å². The van der Waals surface area contributed by atoms with Gasteiger partial charge in [-0.15, -0.1) is 0 Å². The van der Waals surface area contributed by atoms with Gasteiger partial charge in [-0.3, -0.25) is 4.90 Å². The summed E-state index contributed by atoms with van der Waals surface area (Å²) in [5.74, 6) is 0.628. The lowest BCUT2D eigenvalue weighted by Gasteiger charge is -2.51. The molecule has 0 aliphatic carbocycles. The van der Waals surface area contributed by atoms with E-state index in [2.05, 4.69) is 45.6 Å². The number of hydrogen-bond donors (Lipinski definition) is 0. The first-order valence-corrected chi connectivity index (χ1v) is 9.19. The van der Waals surface area contributed by atoms with E-state index < -0.39 is 0 Å². The molecule has 4 heteroatoms. The van der Waals surface area contributed by atoms with Gasteiger partial charge < -0.3 is 4.90 Å². The first-order valence-electron chi connectivity index (χ1n) is 8.02. The number of piperidine rings is 1. The standard InChI is InChI=1S/C17H24BrClN2/c1-12(2)17-11-20-8-4-3-5-14(20)10-21(17)16-9-13(18)6-7-15(16)19/h6-7,9,12,14,17H,3-5,8,10-11H2,1-2H3. The Morgan fingerprint density at radius 1 is 1.24 bits per heavy atom. The summed E-state index contributed by atoms with van der Waals surface area (Å²) >= 11 is 10.1. The molecule has 2 heterocycles. The van der Waals surface area contributed by atoms with E-state index >= 15 is 0 Å². The van der Waals surface area contributed by atoms with Crippen LogP contribution in [0.1, 0.15) is 33.1 Å². The zero-order chi connectivity index (χ0) is 15.0. The largest absolute Gasteiger partial charge is 0.364 e. The predicted octanol–water partition coefficient (Wildman–Crippen LogP) is 4.80. The van der Waals surface area contributed by atoms with Crippen molar-refractivity contribution in [3.05, 3.63) is 27.7 Å². The van der Waals surface area contributed by atoms with E-state index in [1.807, 2.05) is 12.1 Å². The minimum atomic E-state index is 0.547. The molecule has 21 heavy (non-hydrogen) atoms. The number of anilines is 1. The van der Waals surface area contributed by atoms with E-state index in [-0.39, 0.29) is 0 Å². The number of fused-ring (bicyclic) bond motifs is 1. The number of piperazine rings is 1. The maximum Gasteiger partial charge on any atom is 0.0640 e. The summed E-state index contributed by atoms with van der Waals surface area (Å²) in [6.07, 6.45) is 4.06. The summed E-state index contributed by atoms with van der Waals surface area (Å²) in [6, 6.07) is 7.45. The summed E-state index contributed by atoms with van der Waals surface area (Å²) in [5, 5.41) is 0.869. The Morgan fingerprint density at radius 2 is 2.05 bits per heavy atom. The van der Waals surface area contributed by atoms with Gasteiger partial charge in [-0.2, -0.15) is 0 Å². The maximum absolute atomic E-state index is 6.50. The lowest BCUT2D eigenvalue weighted by Crippen LogP contribution is -2.61. The van der Waals surface area contributed by atoms with Crippen molar-refractivity contribution in [2.45, 2.75) is 45.2 Å². The molecule has 0 aromatic heterocycles. The molecule has 2 unspecified atom stereocenters. The zero-order valence-electron chi connectivity index (χ0n) is 12.9. The van der Waals surface area contributed by atoms with Gasteiger partial charge in [0.2, 0.25) is 0 Å². The minimum Gasteiger partial charge on any atom is -0.364 e. The molecular formula is C17H24BrClN2. The number of hydrogen-bond acceptors (Lipinski definition) is 2. The van der Waals surface area contributed by atoms with Crippen molar-refractivity contribution < 1.29 is 0 Å². The van der Waals surface area contributed by atoms with Crippen LogP contribution in [-0.2, 0) is 0 Å². The van der Waals surface area contributed by atoms with Crippen molar-refractivity contribution in [1.82, 2.24) is 4.90 Å². The molecule has 2 atom stereocenters. The molecule has 2 saturated heterocycles. The third-order valence-electron chi connectivity index (χ3n) is 4.97. The highest BCUT2D eigenvalue weighted by atomic mass is 79.9. The van der Waals surface area contributed by atoms with E-state index in [1.165, 1.54) is 38.0 Å². The highest BCUT2D eigenvalue weighted by Crippen LogP contribution is 2.36. The van der Waals surface area contributed by atoms with Gasteiger partial charge in [0.05, 0.1) is 10.7 Å². The van der Waals surface area contributed by atoms with Crippen molar-refractivity contribution in [2.75, 3.05) is 24.5 Å². The van der Waals surface area contributed by atoms with Crippen LogP contribution in [-0.4, -0.2) is 36.6 Å². The average molecular weight is 372 g/mol. The summed E-state index contributed by atoms with van der Waals surface area (Å²) in [7, 11) is 0. The Labute approximate surface area is 141 Å².